The zero-order valence-electron chi connectivity index (χ0n) is 7.54. The van der Waals surface area contributed by atoms with Crippen LogP contribution in [0.1, 0.15) is 23.2 Å². The van der Waals surface area contributed by atoms with Crippen LogP contribution in [0.25, 0.3) is 0 Å². The Morgan fingerprint density at radius 3 is 2.73 bits per heavy atom. The van der Waals surface area contributed by atoms with E-state index in [9.17, 15) is 13.9 Å². The highest BCUT2D eigenvalue weighted by Crippen LogP contribution is 2.34. The lowest BCUT2D eigenvalue weighted by molar-refractivity contribution is 0.146. The summed E-state index contributed by atoms with van der Waals surface area (Å²) in [5.74, 6) is -0.580. The summed E-state index contributed by atoms with van der Waals surface area (Å²) in [5, 5.41) is 18.1. The average molecular weight is 277 g/mol. The molecule has 6 heteroatoms. The van der Waals surface area contributed by atoms with Gasteiger partial charge in [0.1, 0.15) is 5.75 Å². The van der Waals surface area contributed by atoms with Crippen molar-refractivity contribution in [3.63, 3.8) is 0 Å². The Labute approximate surface area is 93.5 Å². The third-order valence-electron chi connectivity index (χ3n) is 1.86. The molecule has 1 heterocycles. The van der Waals surface area contributed by atoms with Gasteiger partial charge in [-0.15, -0.1) is 0 Å². The summed E-state index contributed by atoms with van der Waals surface area (Å²) in [6.07, 6.45) is -1.73. The van der Waals surface area contributed by atoms with Gasteiger partial charge in [-0.3, -0.25) is 4.98 Å². The van der Waals surface area contributed by atoms with Gasteiger partial charge in [-0.05, 0) is 5.56 Å². The van der Waals surface area contributed by atoms with Crippen LogP contribution in [-0.2, 0) is 11.8 Å². The average Bonchev–Trinajstić information content (AvgIpc) is 2.20. The van der Waals surface area contributed by atoms with Gasteiger partial charge in [0.2, 0.25) is 0 Å². The topological polar surface area (TPSA) is 56.9 Å². The Kier molecular flexibility index (Phi) is 3.97. The molecule has 1 aromatic rings. The number of nitrogens with zero attached hydrogens (tertiary/aromatic N) is 2. The summed E-state index contributed by atoms with van der Waals surface area (Å²) in [6.45, 7) is 0. The number of pyridine rings is 1. The van der Waals surface area contributed by atoms with Crippen LogP contribution in [0.5, 0.6) is 5.75 Å². The lowest BCUT2D eigenvalue weighted by atomic mass is 10.1. The van der Waals surface area contributed by atoms with Crippen molar-refractivity contribution in [2.45, 2.75) is 18.2 Å². The first-order valence-electron chi connectivity index (χ1n) is 4.02. The number of rotatable bonds is 3. The summed E-state index contributed by atoms with van der Waals surface area (Å²) < 4.78 is 25.2. The first-order chi connectivity index (χ1) is 7.11. The van der Waals surface area contributed by atoms with E-state index >= 15 is 0 Å². The molecule has 1 aromatic heterocycles. The molecule has 0 aliphatic carbocycles. The minimum Gasteiger partial charge on any atom is -0.505 e. The maximum atomic E-state index is 12.6. The van der Waals surface area contributed by atoms with Crippen LogP contribution in [-0.4, -0.2) is 10.1 Å². The molecule has 3 nitrogen and oxygen atoms in total. The van der Waals surface area contributed by atoms with Crippen LogP contribution in [0.15, 0.2) is 6.20 Å². The fraction of sp³-hybridized carbons (Fsp3) is 0.333. The molecule has 0 aromatic carbocycles. The van der Waals surface area contributed by atoms with Crippen LogP contribution in [0, 0.1) is 11.3 Å². The lowest BCUT2D eigenvalue weighted by Gasteiger charge is -2.10. The predicted octanol–water partition coefficient (Wildman–Crippen LogP) is 2.69. The lowest BCUT2D eigenvalue weighted by Crippen LogP contribution is -1.99. The van der Waals surface area contributed by atoms with Gasteiger partial charge in [0.15, 0.2) is 0 Å². The Hall–Kier alpha value is -1.22. The number of halogens is 3. The van der Waals surface area contributed by atoms with E-state index in [1.54, 1.807) is 6.07 Å². The molecule has 0 unspecified atom stereocenters. The molecule has 0 spiro atoms. The molecule has 15 heavy (non-hydrogen) atoms. The van der Waals surface area contributed by atoms with Gasteiger partial charge in [0, 0.05) is 11.5 Å². The van der Waals surface area contributed by atoms with Gasteiger partial charge in [-0.25, -0.2) is 8.78 Å². The summed E-state index contributed by atoms with van der Waals surface area (Å²) in [5.41, 5.74) is -0.242. The number of hydrogen-bond donors (Lipinski definition) is 1. The van der Waals surface area contributed by atoms with Crippen LogP contribution in [0.3, 0.4) is 0 Å². The molecule has 0 aliphatic heterocycles. The molecular weight excluding hydrogens is 270 g/mol. The predicted molar refractivity (Wildman–Crippen MR) is 52.8 cm³/mol. The van der Waals surface area contributed by atoms with Crippen LogP contribution < -0.4 is 0 Å². The Morgan fingerprint density at radius 2 is 2.27 bits per heavy atom. The second-order valence-electron chi connectivity index (χ2n) is 2.76. The van der Waals surface area contributed by atoms with E-state index in [0.717, 1.165) is 0 Å². The van der Waals surface area contributed by atoms with Crippen molar-refractivity contribution < 1.29 is 13.9 Å². The summed E-state index contributed by atoms with van der Waals surface area (Å²) >= 11 is 3.02. The minimum atomic E-state index is -2.78. The second kappa shape index (κ2) is 5.03. The molecule has 0 bridgehead atoms. The molecule has 1 rings (SSSR count). The van der Waals surface area contributed by atoms with E-state index in [1.165, 1.54) is 6.20 Å². The maximum absolute atomic E-state index is 12.6. The second-order valence-corrected chi connectivity index (χ2v) is 3.32. The van der Waals surface area contributed by atoms with E-state index in [0.29, 0.717) is 0 Å². The summed E-state index contributed by atoms with van der Waals surface area (Å²) in [6, 6.07) is 1.75. The highest BCUT2D eigenvalue weighted by molar-refractivity contribution is 9.08. The molecule has 0 saturated carbocycles. The highest BCUT2D eigenvalue weighted by Gasteiger charge is 2.20. The van der Waals surface area contributed by atoms with Gasteiger partial charge in [-0.1, -0.05) is 15.9 Å². The van der Waals surface area contributed by atoms with Crippen molar-refractivity contribution in [2.75, 3.05) is 0 Å². The Balaban J connectivity index is 3.30. The highest BCUT2D eigenvalue weighted by atomic mass is 79.9. The van der Waals surface area contributed by atoms with Gasteiger partial charge in [0.05, 0.1) is 23.7 Å². The largest absolute Gasteiger partial charge is 0.505 e. The van der Waals surface area contributed by atoms with Crippen molar-refractivity contribution >= 4 is 15.9 Å². The van der Waals surface area contributed by atoms with Gasteiger partial charge in [-0.2, -0.15) is 5.26 Å². The molecule has 0 radical (unpaired) electrons. The number of hydrogen-bond acceptors (Lipinski definition) is 3. The number of nitriles is 1. The Bertz CT molecular complexity index is 404. The van der Waals surface area contributed by atoms with E-state index < -0.39 is 17.7 Å². The maximum Gasteiger partial charge on any atom is 0.267 e. The van der Waals surface area contributed by atoms with Gasteiger partial charge < -0.3 is 5.11 Å². The third kappa shape index (κ3) is 2.42. The molecule has 0 atom stereocenters. The fourth-order valence-electron chi connectivity index (χ4n) is 1.15. The van der Waals surface area contributed by atoms with Crippen molar-refractivity contribution in [1.29, 1.82) is 5.26 Å². The van der Waals surface area contributed by atoms with E-state index in [4.69, 9.17) is 5.26 Å². The smallest absolute Gasteiger partial charge is 0.267 e. The Morgan fingerprint density at radius 1 is 1.60 bits per heavy atom. The van der Waals surface area contributed by atoms with E-state index in [-0.39, 0.29) is 23.0 Å². The van der Waals surface area contributed by atoms with E-state index in [1.807, 2.05) is 0 Å². The van der Waals surface area contributed by atoms with Crippen molar-refractivity contribution in [2.24, 2.45) is 0 Å². The molecule has 0 saturated heterocycles. The summed E-state index contributed by atoms with van der Waals surface area (Å²) in [7, 11) is 0. The van der Waals surface area contributed by atoms with Crippen molar-refractivity contribution in [3.8, 4) is 11.8 Å². The van der Waals surface area contributed by atoms with Crippen molar-refractivity contribution in [3.05, 3.63) is 23.0 Å². The summed E-state index contributed by atoms with van der Waals surface area (Å²) in [4.78, 5) is 3.75. The number of alkyl halides is 3. The number of aromatic hydroxyl groups is 1. The van der Waals surface area contributed by atoms with Crippen LogP contribution >= 0.6 is 15.9 Å². The molecule has 80 valence electrons. The van der Waals surface area contributed by atoms with Gasteiger partial charge in [0.25, 0.3) is 6.43 Å². The normalized spacial score (nSPS) is 10.3. The monoisotopic (exact) mass is 276 g/mol. The van der Waals surface area contributed by atoms with E-state index in [2.05, 4.69) is 20.9 Å². The third-order valence-corrected chi connectivity index (χ3v) is 2.46. The zero-order valence-corrected chi connectivity index (χ0v) is 9.13. The standard InChI is InChI=1S/C9H7BrF2N2O/c10-3-5-4-14-6(1-2-13)8(15)7(5)9(11)12/h4,9,15H,1,3H2. The zero-order chi connectivity index (χ0) is 11.4. The molecular formula is C9H7BrF2N2O. The molecule has 0 fully saturated rings. The molecule has 1 N–H and O–H groups in total. The molecule has 0 aliphatic rings. The fourth-order valence-corrected chi connectivity index (χ4v) is 1.60. The first-order valence-corrected chi connectivity index (χ1v) is 5.14. The molecule has 0 amide bonds. The number of aromatic nitrogens is 1. The quantitative estimate of drug-likeness (QED) is 0.864. The minimum absolute atomic E-state index is 0.0162. The van der Waals surface area contributed by atoms with Crippen LogP contribution in [0.4, 0.5) is 8.78 Å². The van der Waals surface area contributed by atoms with Crippen molar-refractivity contribution in [1.82, 2.24) is 4.98 Å². The first kappa shape index (κ1) is 11.9. The van der Waals surface area contributed by atoms with Gasteiger partial charge >= 0.3 is 0 Å². The SMILES string of the molecule is N#CCc1ncc(CBr)c(C(F)F)c1O. The van der Waals surface area contributed by atoms with Crippen LogP contribution in [0.2, 0.25) is 0 Å².